The SMILES string of the molecule is CCCCCCCCCCCCCCCCCC(=O)[O-].CCCCCCCCCCCCCCCCCC(=O)[O-].CCCCCCCCCCCCCCCCCC(=O)[O][Pb][O]C(=O)CCCCCCCCCCCCCCCCC.[Ca+2]. The van der Waals surface area contributed by atoms with Gasteiger partial charge in [0.05, 0.1) is 0 Å². The number of hydrogen-bond acceptors (Lipinski definition) is 8. The van der Waals surface area contributed by atoms with Crippen molar-refractivity contribution in [3.05, 3.63) is 0 Å². The molecule has 82 heavy (non-hydrogen) atoms. The number of hydrogen-bond donors (Lipinski definition) is 0. The summed E-state index contributed by atoms with van der Waals surface area (Å²) in [5.74, 6) is -2.13. The van der Waals surface area contributed by atoms with Crippen LogP contribution in [-0.2, 0) is 24.6 Å². The Morgan fingerprint density at radius 3 is 0.476 bits per heavy atom. The number of carbonyl (C=O) groups is 4. The van der Waals surface area contributed by atoms with E-state index in [1.165, 1.54) is 334 Å². The molecule has 0 rings (SSSR count). The van der Waals surface area contributed by atoms with Gasteiger partial charge in [-0.25, -0.2) is 0 Å². The number of carboxylic acids is 2. The van der Waals surface area contributed by atoms with E-state index in [2.05, 4.69) is 27.7 Å². The van der Waals surface area contributed by atoms with Crippen LogP contribution in [0, 0.1) is 0 Å². The molecule has 0 aromatic rings. The van der Waals surface area contributed by atoms with E-state index in [4.69, 9.17) is 5.37 Å². The summed E-state index contributed by atoms with van der Waals surface area (Å²) in [6.45, 7) is 9.09. The second-order valence-electron chi connectivity index (χ2n) is 24.6. The molecule has 2 radical (unpaired) electrons. The Morgan fingerprint density at radius 1 is 0.220 bits per heavy atom. The van der Waals surface area contributed by atoms with Crippen LogP contribution in [0.25, 0.3) is 0 Å². The predicted molar refractivity (Wildman–Crippen MR) is 352 cm³/mol. The molecular formula is C72H140CaO8Pb. The zero-order valence-electron chi connectivity index (χ0n) is 55.7. The minimum atomic E-state index is -2.03. The molecule has 0 bridgehead atoms. The molecule has 0 aromatic heterocycles. The molecule has 0 atom stereocenters. The molecule has 10 heteroatoms. The molecule has 0 aromatic carbocycles. The van der Waals surface area contributed by atoms with Crippen molar-refractivity contribution in [1.29, 1.82) is 0 Å². The first-order valence-corrected chi connectivity index (χ1v) is 39.5. The standard InChI is InChI=1S/4C18H36O2.Ca.Pb/c4*1-2-3-4-5-6-7-8-9-10-11-12-13-14-15-16-17-18(19)20;;/h4*2-17H2,1H3,(H,19,20);;/q;;;;2*+2/p-4. The van der Waals surface area contributed by atoms with Gasteiger partial charge < -0.3 is 19.8 Å². The van der Waals surface area contributed by atoms with Crippen LogP contribution in [0.5, 0.6) is 0 Å². The Balaban J connectivity index is -0.000000620. The van der Waals surface area contributed by atoms with Crippen molar-refractivity contribution in [3.63, 3.8) is 0 Å². The Labute approximate surface area is 555 Å². The van der Waals surface area contributed by atoms with Crippen LogP contribution in [-0.4, -0.2) is 86.8 Å². The smallest absolute Gasteiger partial charge is 0.0654 e. The van der Waals surface area contributed by atoms with Crippen LogP contribution < -0.4 is 10.2 Å². The Kier molecular flexibility index (Phi) is 89.7. The quantitative estimate of drug-likeness (QED) is 0.0434. The summed E-state index contributed by atoms with van der Waals surface area (Å²) in [4.78, 5) is 44.2. The summed E-state index contributed by atoms with van der Waals surface area (Å²) in [6, 6.07) is 0. The number of rotatable bonds is 66. The van der Waals surface area contributed by atoms with E-state index in [0.29, 0.717) is 12.8 Å². The molecule has 0 heterocycles. The Bertz CT molecular complexity index is 1130. The summed E-state index contributed by atoms with van der Waals surface area (Å²) >= 11 is -2.03. The van der Waals surface area contributed by atoms with E-state index in [1.54, 1.807) is 0 Å². The van der Waals surface area contributed by atoms with E-state index in [0.717, 1.165) is 51.4 Å². The van der Waals surface area contributed by atoms with Crippen molar-refractivity contribution in [2.24, 2.45) is 0 Å². The van der Waals surface area contributed by atoms with E-state index >= 15 is 0 Å². The zero-order valence-corrected chi connectivity index (χ0v) is 61.8. The average Bonchev–Trinajstić information content (AvgIpc) is 3.45. The minimum absolute atomic E-state index is 0. The van der Waals surface area contributed by atoms with Crippen molar-refractivity contribution in [1.82, 2.24) is 0 Å². The summed E-state index contributed by atoms with van der Waals surface area (Å²) in [5.41, 5.74) is 0. The van der Waals surface area contributed by atoms with Gasteiger partial charge in [-0.15, -0.1) is 0 Å². The second kappa shape index (κ2) is 83.1. The van der Waals surface area contributed by atoms with Gasteiger partial charge in [-0.05, 0) is 25.7 Å². The molecule has 0 N–H and O–H groups in total. The predicted octanol–water partition coefficient (Wildman–Crippen LogP) is 21.7. The van der Waals surface area contributed by atoms with Crippen molar-refractivity contribution in [2.75, 3.05) is 0 Å². The van der Waals surface area contributed by atoms with Crippen molar-refractivity contribution in [3.8, 4) is 0 Å². The minimum Gasteiger partial charge on any atom is -0.0654 e. The van der Waals surface area contributed by atoms with Crippen LogP contribution in [0.15, 0.2) is 0 Å². The third-order valence-corrected chi connectivity index (χ3v) is 18.7. The molecule has 0 amide bonds. The van der Waals surface area contributed by atoms with Crippen molar-refractivity contribution >= 4 is 86.8 Å². The fourth-order valence-electron chi connectivity index (χ4n) is 10.8. The summed E-state index contributed by atoms with van der Waals surface area (Å²) in [5, 5.41) is 20.4. The van der Waals surface area contributed by atoms with E-state index < -0.39 is 37.1 Å². The Morgan fingerprint density at radius 2 is 0.341 bits per heavy atom. The van der Waals surface area contributed by atoms with Gasteiger partial charge in [-0.3, -0.25) is 0 Å². The van der Waals surface area contributed by atoms with E-state index in [1.807, 2.05) is 0 Å². The summed E-state index contributed by atoms with van der Waals surface area (Å²) in [6.07, 6.45) is 80.2. The van der Waals surface area contributed by atoms with E-state index in [-0.39, 0.29) is 62.5 Å². The number of carboxylic acid groups (broad SMARTS) is 2. The molecular weight excluding hydrogens is 1240 g/mol. The fraction of sp³-hybridized carbons (Fsp3) is 0.944. The van der Waals surface area contributed by atoms with Gasteiger partial charge >= 0.3 is 218 Å². The van der Waals surface area contributed by atoms with Crippen LogP contribution in [0.4, 0.5) is 0 Å². The maximum absolute atomic E-state index is 11.9. The normalized spacial score (nSPS) is 10.9. The molecule has 0 saturated heterocycles. The molecule has 0 aliphatic carbocycles. The van der Waals surface area contributed by atoms with Crippen molar-refractivity contribution in [2.45, 2.75) is 439 Å². The first-order chi connectivity index (χ1) is 39.7. The number of aliphatic carboxylic acids is 2. The molecule has 0 aliphatic heterocycles. The average molecular weight is 1380 g/mol. The first kappa shape index (κ1) is 88.5. The third kappa shape index (κ3) is 91.2. The molecule has 482 valence electrons. The van der Waals surface area contributed by atoms with Crippen LogP contribution in [0.2, 0.25) is 0 Å². The summed E-state index contributed by atoms with van der Waals surface area (Å²) in [7, 11) is 0. The first-order valence-electron chi connectivity index (χ1n) is 36.3. The van der Waals surface area contributed by atoms with Gasteiger partial charge in [0.25, 0.3) is 0 Å². The second-order valence-corrected chi connectivity index (χ2v) is 26.8. The monoisotopic (exact) mass is 1380 g/mol. The third-order valence-electron chi connectivity index (χ3n) is 16.2. The van der Waals surface area contributed by atoms with Gasteiger partial charge in [0.15, 0.2) is 0 Å². The van der Waals surface area contributed by atoms with Crippen LogP contribution in [0.1, 0.15) is 439 Å². The molecule has 0 saturated carbocycles. The molecule has 0 unspecified atom stereocenters. The Hall–Kier alpha value is 0.0618. The van der Waals surface area contributed by atoms with Crippen LogP contribution >= 0.6 is 0 Å². The van der Waals surface area contributed by atoms with Gasteiger partial charge in [-0.1, -0.05) is 285 Å². The molecule has 0 fully saturated rings. The maximum atomic E-state index is 11.9. The van der Waals surface area contributed by atoms with Gasteiger partial charge in [-0.2, -0.15) is 0 Å². The van der Waals surface area contributed by atoms with Gasteiger partial charge in [0, 0.05) is 11.9 Å². The van der Waals surface area contributed by atoms with E-state index in [9.17, 15) is 29.4 Å². The molecule has 8 nitrogen and oxygen atoms in total. The fourth-order valence-corrected chi connectivity index (χ4v) is 12.5. The van der Waals surface area contributed by atoms with Gasteiger partial charge in [0.2, 0.25) is 0 Å². The van der Waals surface area contributed by atoms with Crippen molar-refractivity contribution < 1.29 is 34.8 Å². The number of carbonyl (C=O) groups excluding carboxylic acids is 4. The molecule has 0 aliphatic rings. The summed E-state index contributed by atoms with van der Waals surface area (Å²) < 4.78 is 10.5. The van der Waals surface area contributed by atoms with Gasteiger partial charge in [0.1, 0.15) is 0 Å². The topological polar surface area (TPSA) is 133 Å². The van der Waals surface area contributed by atoms with Crippen LogP contribution in [0.3, 0.4) is 0 Å². The number of unbranched alkanes of at least 4 members (excludes halogenated alkanes) is 56. The molecule has 0 spiro atoms. The zero-order chi connectivity index (χ0) is 59.7.